The van der Waals surface area contributed by atoms with Crippen molar-refractivity contribution in [2.75, 3.05) is 0 Å². The van der Waals surface area contributed by atoms with Gasteiger partial charge in [-0.1, -0.05) is 20.8 Å². The van der Waals surface area contributed by atoms with Crippen LogP contribution in [0.15, 0.2) is 6.08 Å². The summed E-state index contributed by atoms with van der Waals surface area (Å²) in [6.45, 7) is 6.60. The van der Waals surface area contributed by atoms with E-state index in [1.165, 1.54) is 0 Å². The van der Waals surface area contributed by atoms with Gasteiger partial charge in [-0.25, -0.2) is 0 Å². The second kappa shape index (κ2) is 3.03. The Bertz CT molecular complexity index is 129. The maximum atomic E-state index is 5.30. The van der Waals surface area contributed by atoms with Gasteiger partial charge in [0.2, 0.25) is 6.08 Å². The second-order valence-electron chi connectivity index (χ2n) is 3.07. The lowest BCUT2D eigenvalue weighted by Gasteiger charge is -2.20. The molecule has 0 unspecified atom stereocenters. The van der Waals surface area contributed by atoms with E-state index in [2.05, 4.69) is 27.0 Å². The van der Waals surface area contributed by atoms with E-state index in [1.54, 1.807) is 0 Å². The van der Waals surface area contributed by atoms with Gasteiger partial charge >= 0.3 is 6.26 Å². The van der Waals surface area contributed by atoms with Gasteiger partial charge in [0.1, 0.15) is 0 Å². The van der Waals surface area contributed by atoms with Crippen LogP contribution in [-0.4, -0.2) is 6.10 Å². The van der Waals surface area contributed by atoms with Gasteiger partial charge < -0.3 is 0 Å². The fourth-order valence-corrected chi connectivity index (χ4v) is 1.29. The van der Waals surface area contributed by atoms with Crippen LogP contribution in [-0.2, 0) is 4.74 Å². The van der Waals surface area contributed by atoms with Crippen LogP contribution in [0.5, 0.6) is 0 Å². The highest BCUT2D eigenvalue weighted by Gasteiger charge is 2.31. The fourth-order valence-electron chi connectivity index (χ4n) is 1.29. The first-order chi connectivity index (χ1) is 4.75. The first kappa shape index (κ1) is 7.56. The van der Waals surface area contributed by atoms with E-state index in [1.807, 2.05) is 6.08 Å². The van der Waals surface area contributed by atoms with Gasteiger partial charge in [-0.2, -0.15) is 0 Å². The Balaban J connectivity index is 2.56. The monoisotopic (exact) mass is 139 g/mol. The molecule has 0 saturated carbocycles. The number of hydrogen-bond donors (Lipinski definition) is 0. The molecule has 1 nitrogen and oxygen atoms in total. The zero-order chi connectivity index (χ0) is 7.56. The quantitative estimate of drug-likeness (QED) is 0.507. The SMILES string of the molecule is CC[C@H]1O[C+]=C[C@@H](C)[C@@H]1C. The fraction of sp³-hybridized carbons (Fsp3) is 0.778. The van der Waals surface area contributed by atoms with Gasteiger partial charge in [-0.05, 0) is 6.42 Å². The average Bonchev–Trinajstić information content (AvgIpc) is 1.95. The second-order valence-corrected chi connectivity index (χ2v) is 3.07. The molecule has 0 aromatic heterocycles. The van der Waals surface area contributed by atoms with Crippen LogP contribution in [0.2, 0.25) is 0 Å². The van der Waals surface area contributed by atoms with Gasteiger partial charge in [0, 0.05) is 11.8 Å². The van der Waals surface area contributed by atoms with E-state index in [9.17, 15) is 0 Å². The van der Waals surface area contributed by atoms with Gasteiger partial charge in [0.25, 0.3) is 0 Å². The van der Waals surface area contributed by atoms with Gasteiger partial charge in [-0.3, -0.25) is 4.74 Å². The molecule has 1 aliphatic rings. The summed E-state index contributed by atoms with van der Waals surface area (Å²) < 4.78 is 5.30. The minimum atomic E-state index is 0.389. The Morgan fingerprint density at radius 2 is 2.20 bits per heavy atom. The normalized spacial score (nSPS) is 38.5. The van der Waals surface area contributed by atoms with Gasteiger partial charge in [-0.15, -0.1) is 0 Å². The predicted octanol–water partition coefficient (Wildman–Crippen LogP) is 2.38. The highest BCUT2D eigenvalue weighted by molar-refractivity contribution is 4.87. The number of ether oxygens (including phenoxy) is 1. The average molecular weight is 139 g/mol. The summed E-state index contributed by atoms with van der Waals surface area (Å²) in [5.41, 5.74) is 0. The highest BCUT2D eigenvalue weighted by Crippen LogP contribution is 2.24. The van der Waals surface area contributed by atoms with E-state index >= 15 is 0 Å². The van der Waals surface area contributed by atoms with Crippen LogP contribution in [0.25, 0.3) is 0 Å². The zero-order valence-electron chi connectivity index (χ0n) is 6.92. The van der Waals surface area contributed by atoms with Crippen molar-refractivity contribution in [3.05, 3.63) is 12.3 Å². The molecule has 10 heavy (non-hydrogen) atoms. The van der Waals surface area contributed by atoms with Crippen molar-refractivity contribution in [1.82, 2.24) is 0 Å². The summed E-state index contributed by atoms with van der Waals surface area (Å²) in [6.07, 6.45) is 6.33. The molecule has 0 aromatic carbocycles. The standard InChI is InChI=1S/C9H15O/c1-4-9-8(3)7(2)5-6-10-9/h5,7-9H,4H2,1-3H3/q+1/t7-,8+,9-/m1/s1. The minimum Gasteiger partial charge on any atom is -0.265 e. The van der Waals surface area contributed by atoms with Gasteiger partial charge in [0.05, 0.1) is 0 Å². The van der Waals surface area contributed by atoms with Crippen LogP contribution < -0.4 is 0 Å². The smallest absolute Gasteiger partial charge is 0.265 e. The van der Waals surface area contributed by atoms with Crippen molar-refractivity contribution < 1.29 is 4.74 Å². The van der Waals surface area contributed by atoms with Crippen LogP contribution in [0, 0.1) is 18.1 Å². The van der Waals surface area contributed by atoms with Crippen molar-refractivity contribution in [2.24, 2.45) is 11.8 Å². The number of hydrogen-bond acceptors (Lipinski definition) is 1. The van der Waals surface area contributed by atoms with Crippen molar-refractivity contribution in [3.8, 4) is 0 Å². The molecule has 0 radical (unpaired) electrons. The van der Waals surface area contributed by atoms with E-state index in [0.717, 1.165) is 6.42 Å². The van der Waals surface area contributed by atoms with E-state index in [-0.39, 0.29) is 0 Å². The van der Waals surface area contributed by atoms with Gasteiger partial charge in [0.15, 0.2) is 6.10 Å². The maximum Gasteiger partial charge on any atom is 0.480 e. The Hall–Kier alpha value is -0.550. The minimum absolute atomic E-state index is 0.389. The molecule has 56 valence electrons. The third-order valence-electron chi connectivity index (χ3n) is 2.37. The summed E-state index contributed by atoms with van der Waals surface area (Å²) in [6, 6.07) is 0. The molecule has 0 spiro atoms. The van der Waals surface area contributed by atoms with E-state index in [4.69, 9.17) is 4.74 Å². The lowest BCUT2D eigenvalue weighted by molar-refractivity contribution is 0.0425. The molecule has 0 fully saturated rings. The third-order valence-corrected chi connectivity index (χ3v) is 2.37. The summed E-state index contributed by atoms with van der Waals surface area (Å²) in [4.78, 5) is 0. The molecule has 0 bridgehead atoms. The molecule has 1 aliphatic heterocycles. The van der Waals surface area contributed by atoms with Crippen LogP contribution >= 0.6 is 0 Å². The zero-order valence-corrected chi connectivity index (χ0v) is 6.92. The largest absolute Gasteiger partial charge is 0.480 e. The molecule has 0 N–H and O–H groups in total. The van der Waals surface area contributed by atoms with Crippen LogP contribution in [0.3, 0.4) is 0 Å². The summed E-state index contributed by atoms with van der Waals surface area (Å²) in [5.74, 6) is 1.27. The number of allylic oxidation sites excluding steroid dienone is 1. The van der Waals surface area contributed by atoms with Crippen molar-refractivity contribution in [3.63, 3.8) is 0 Å². The third kappa shape index (κ3) is 1.30. The van der Waals surface area contributed by atoms with E-state index < -0.39 is 0 Å². The lowest BCUT2D eigenvalue weighted by atomic mass is 9.88. The van der Waals surface area contributed by atoms with Crippen molar-refractivity contribution >= 4 is 0 Å². The molecule has 0 aliphatic carbocycles. The van der Waals surface area contributed by atoms with Crippen LogP contribution in [0.1, 0.15) is 27.2 Å². The summed E-state index contributed by atoms with van der Waals surface area (Å²) in [7, 11) is 0. The Morgan fingerprint density at radius 3 is 2.70 bits per heavy atom. The molecule has 0 aromatic rings. The van der Waals surface area contributed by atoms with Crippen molar-refractivity contribution in [2.45, 2.75) is 33.3 Å². The van der Waals surface area contributed by atoms with Crippen LogP contribution in [0.4, 0.5) is 0 Å². The predicted molar refractivity (Wildman–Crippen MR) is 41.3 cm³/mol. The topological polar surface area (TPSA) is 9.23 Å². The molecular formula is C9H15O+. The molecule has 1 heteroatoms. The molecule has 0 amide bonds. The maximum absolute atomic E-state index is 5.30. The summed E-state index contributed by atoms with van der Waals surface area (Å²) >= 11 is 0. The highest BCUT2D eigenvalue weighted by atomic mass is 16.5. The number of rotatable bonds is 1. The Morgan fingerprint density at radius 1 is 1.50 bits per heavy atom. The molecule has 3 atom stereocenters. The molecule has 1 heterocycles. The van der Waals surface area contributed by atoms with E-state index in [0.29, 0.717) is 17.9 Å². The first-order valence-electron chi connectivity index (χ1n) is 4.00. The molecule has 0 saturated heterocycles. The Labute approximate surface area is 63.1 Å². The lowest BCUT2D eigenvalue weighted by Crippen LogP contribution is -2.27. The van der Waals surface area contributed by atoms with Crippen molar-refractivity contribution in [1.29, 1.82) is 0 Å². The molecule has 1 rings (SSSR count). The molecular weight excluding hydrogens is 124 g/mol. The first-order valence-corrected chi connectivity index (χ1v) is 4.00. The summed E-state index contributed by atoms with van der Waals surface area (Å²) in [5, 5.41) is 0. The Kier molecular flexibility index (Phi) is 2.29.